The number of ether oxygens (including phenoxy) is 1. The Morgan fingerprint density at radius 3 is 2.56 bits per heavy atom. The SMILES string of the molecule is C.O=c1ccn([C@@H]2O[C@H](COP(=O)(O)O)[C@H](O)C2O)c(=O)n1Cc1noc2ccccc12. The molecule has 3 heterocycles. The zero-order chi connectivity index (χ0) is 22.3. The first-order valence-electron chi connectivity index (χ1n) is 9.02. The van der Waals surface area contributed by atoms with Gasteiger partial charge in [0.15, 0.2) is 11.8 Å². The first-order valence-corrected chi connectivity index (χ1v) is 10.6. The summed E-state index contributed by atoms with van der Waals surface area (Å²) in [4.78, 5) is 42.9. The molecule has 1 saturated heterocycles. The molecule has 4 N–H and O–H groups in total. The Balaban J connectivity index is 0.00000289. The lowest BCUT2D eigenvalue weighted by Gasteiger charge is -2.18. The summed E-state index contributed by atoms with van der Waals surface area (Å²) in [7, 11) is -4.84. The van der Waals surface area contributed by atoms with Gasteiger partial charge in [0.2, 0.25) is 0 Å². The van der Waals surface area contributed by atoms with Crippen LogP contribution in [-0.4, -0.2) is 59.2 Å². The van der Waals surface area contributed by atoms with Crippen LogP contribution in [0.3, 0.4) is 0 Å². The molecule has 1 aliphatic rings. The Morgan fingerprint density at radius 2 is 1.84 bits per heavy atom. The van der Waals surface area contributed by atoms with Crippen LogP contribution in [0, 0.1) is 0 Å². The van der Waals surface area contributed by atoms with Crippen molar-refractivity contribution < 1.29 is 38.3 Å². The summed E-state index contributed by atoms with van der Waals surface area (Å²) in [5.74, 6) is 0. The van der Waals surface area contributed by atoms with Gasteiger partial charge in [-0.15, -0.1) is 0 Å². The minimum atomic E-state index is -4.84. The smallest absolute Gasteiger partial charge is 0.387 e. The van der Waals surface area contributed by atoms with Gasteiger partial charge in [-0.2, -0.15) is 0 Å². The van der Waals surface area contributed by atoms with Crippen LogP contribution in [0.5, 0.6) is 0 Å². The fraction of sp³-hybridized carbons (Fsp3) is 0.389. The van der Waals surface area contributed by atoms with E-state index in [0.29, 0.717) is 16.7 Å². The van der Waals surface area contributed by atoms with E-state index in [1.807, 2.05) is 0 Å². The molecule has 1 aromatic carbocycles. The van der Waals surface area contributed by atoms with E-state index in [-0.39, 0.29) is 14.0 Å². The second-order valence-electron chi connectivity index (χ2n) is 6.89. The van der Waals surface area contributed by atoms with E-state index in [4.69, 9.17) is 19.0 Å². The number of para-hydroxylation sites is 1. The molecule has 1 fully saturated rings. The van der Waals surface area contributed by atoms with Gasteiger partial charge in [0, 0.05) is 17.6 Å². The predicted molar refractivity (Wildman–Crippen MR) is 109 cm³/mol. The second-order valence-corrected chi connectivity index (χ2v) is 8.13. The van der Waals surface area contributed by atoms with Gasteiger partial charge in [-0.1, -0.05) is 24.7 Å². The summed E-state index contributed by atoms with van der Waals surface area (Å²) in [6, 6.07) is 7.97. The Morgan fingerprint density at radius 1 is 1.12 bits per heavy atom. The molecule has 3 aromatic rings. The van der Waals surface area contributed by atoms with E-state index >= 15 is 0 Å². The highest BCUT2D eigenvalue weighted by Crippen LogP contribution is 2.38. The number of fused-ring (bicyclic) bond motifs is 1. The highest BCUT2D eigenvalue weighted by atomic mass is 31.2. The van der Waals surface area contributed by atoms with Gasteiger partial charge in [0.05, 0.1) is 13.2 Å². The molecule has 0 bridgehead atoms. The van der Waals surface area contributed by atoms with E-state index in [1.54, 1.807) is 24.3 Å². The third kappa shape index (κ3) is 4.59. The highest BCUT2D eigenvalue weighted by molar-refractivity contribution is 7.46. The molecule has 13 nitrogen and oxygen atoms in total. The topological polar surface area (TPSA) is 186 Å². The van der Waals surface area contributed by atoms with Gasteiger partial charge in [-0.25, -0.2) is 9.36 Å². The Kier molecular flexibility index (Phi) is 6.81. The van der Waals surface area contributed by atoms with Gasteiger partial charge >= 0.3 is 13.5 Å². The molecule has 1 unspecified atom stereocenters. The summed E-state index contributed by atoms with van der Waals surface area (Å²) in [5.41, 5.74) is -0.670. The number of phosphoric acid groups is 1. The largest absolute Gasteiger partial charge is 0.469 e. The van der Waals surface area contributed by atoms with Crippen molar-refractivity contribution >= 4 is 18.8 Å². The minimum Gasteiger partial charge on any atom is -0.387 e. The van der Waals surface area contributed by atoms with Gasteiger partial charge in [0.1, 0.15) is 24.0 Å². The lowest BCUT2D eigenvalue weighted by molar-refractivity contribution is -0.0548. The fourth-order valence-corrected chi connectivity index (χ4v) is 3.68. The summed E-state index contributed by atoms with van der Waals surface area (Å²) in [6.45, 7) is -0.941. The summed E-state index contributed by atoms with van der Waals surface area (Å²) in [5, 5.41) is 24.9. The van der Waals surface area contributed by atoms with Gasteiger partial charge in [0.25, 0.3) is 5.56 Å². The summed E-state index contributed by atoms with van der Waals surface area (Å²) < 4.78 is 27.5. The quantitative estimate of drug-likeness (QED) is 0.342. The van der Waals surface area contributed by atoms with Crippen LogP contribution in [0.4, 0.5) is 0 Å². The Hall–Kier alpha value is -2.64. The van der Waals surface area contributed by atoms with Crippen LogP contribution in [0.25, 0.3) is 11.0 Å². The van der Waals surface area contributed by atoms with Gasteiger partial charge < -0.3 is 29.3 Å². The van der Waals surface area contributed by atoms with E-state index in [0.717, 1.165) is 21.4 Å². The van der Waals surface area contributed by atoms with Crippen molar-refractivity contribution in [3.8, 4) is 0 Å². The third-order valence-electron chi connectivity index (χ3n) is 4.87. The zero-order valence-electron chi connectivity index (χ0n) is 15.7. The molecule has 0 aliphatic carbocycles. The van der Waals surface area contributed by atoms with Crippen molar-refractivity contribution in [2.75, 3.05) is 6.61 Å². The van der Waals surface area contributed by atoms with Crippen LogP contribution in [0.1, 0.15) is 19.3 Å². The van der Waals surface area contributed by atoms with Gasteiger partial charge in [-0.05, 0) is 12.1 Å². The van der Waals surface area contributed by atoms with Crippen LogP contribution < -0.4 is 11.2 Å². The van der Waals surface area contributed by atoms with Crippen molar-refractivity contribution in [2.45, 2.75) is 38.5 Å². The van der Waals surface area contributed by atoms with E-state index < -0.39 is 50.2 Å². The second kappa shape index (κ2) is 9.08. The molecule has 4 rings (SSSR count). The van der Waals surface area contributed by atoms with Crippen LogP contribution >= 0.6 is 7.82 Å². The number of hydrogen-bond acceptors (Lipinski definition) is 9. The normalized spacial score (nSPS) is 23.4. The average molecular weight is 471 g/mol. The van der Waals surface area contributed by atoms with E-state index in [1.165, 1.54) is 0 Å². The summed E-state index contributed by atoms with van der Waals surface area (Å²) >= 11 is 0. The number of rotatable bonds is 6. The number of phosphoric ester groups is 1. The molecule has 2 aromatic heterocycles. The molecule has 174 valence electrons. The molecule has 0 spiro atoms. The number of aromatic nitrogens is 3. The molecule has 4 atom stereocenters. The molecule has 0 amide bonds. The van der Waals surface area contributed by atoms with Crippen molar-refractivity contribution in [3.63, 3.8) is 0 Å². The number of benzene rings is 1. The number of aliphatic hydroxyl groups is 2. The number of aliphatic hydroxyl groups excluding tert-OH is 2. The maximum atomic E-state index is 13.0. The van der Waals surface area contributed by atoms with Crippen molar-refractivity contribution in [3.05, 3.63) is 63.1 Å². The molecule has 0 radical (unpaired) electrons. The van der Waals surface area contributed by atoms with Crippen molar-refractivity contribution in [1.82, 2.24) is 14.3 Å². The first-order chi connectivity index (χ1) is 14.7. The minimum absolute atomic E-state index is 0. The number of hydrogen-bond donors (Lipinski definition) is 4. The lowest BCUT2D eigenvalue weighted by atomic mass is 10.1. The third-order valence-corrected chi connectivity index (χ3v) is 5.36. The fourth-order valence-electron chi connectivity index (χ4n) is 3.34. The first kappa shape index (κ1) is 24.0. The molecular formula is C18H22N3O10P. The molecule has 0 saturated carbocycles. The predicted octanol–water partition coefficient (Wildman–Crippen LogP) is -0.436. The maximum absolute atomic E-state index is 13.0. The van der Waals surface area contributed by atoms with Crippen LogP contribution in [-0.2, 0) is 20.4 Å². The molecule has 1 aliphatic heterocycles. The standard InChI is InChI=1S/C17H18N3O10P.CH4/c21-13-5-6-19(16-15(23)14(22)12(29-16)8-28-31(25,26)27)17(24)20(13)7-10-9-3-1-2-4-11(9)30-18-10;/h1-6,12,14-16,22-23H,7-8H2,(H2,25,26,27);1H4/t12-,14+,15?,16-;/m1./s1. The Labute approximate surface area is 180 Å². The van der Waals surface area contributed by atoms with Crippen molar-refractivity contribution in [1.29, 1.82) is 0 Å². The van der Waals surface area contributed by atoms with Gasteiger partial charge in [-0.3, -0.25) is 18.5 Å². The van der Waals surface area contributed by atoms with E-state index in [2.05, 4.69) is 9.68 Å². The summed E-state index contributed by atoms with van der Waals surface area (Å²) in [6.07, 6.45) is -4.87. The number of nitrogens with zero attached hydrogens (tertiary/aromatic N) is 3. The average Bonchev–Trinajstić information content (AvgIpc) is 3.25. The van der Waals surface area contributed by atoms with Crippen molar-refractivity contribution in [2.24, 2.45) is 0 Å². The zero-order valence-corrected chi connectivity index (χ0v) is 16.6. The van der Waals surface area contributed by atoms with E-state index in [9.17, 15) is 24.4 Å². The molecule has 14 heteroatoms. The molecule has 32 heavy (non-hydrogen) atoms. The maximum Gasteiger partial charge on any atom is 0.469 e. The molecular weight excluding hydrogens is 449 g/mol. The monoisotopic (exact) mass is 471 g/mol. The lowest BCUT2D eigenvalue weighted by Crippen LogP contribution is -2.43. The van der Waals surface area contributed by atoms with Crippen LogP contribution in [0.2, 0.25) is 0 Å². The highest BCUT2D eigenvalue weighted by Gasteiger charge is 2.45. The van der Waals surface area contributed by atoms with Crippen LogP contribution in [0.15, 0.2) is 50.6 Å². The Bertz CT molecular complexity index is 1260.